The summed E-state index contributed by atoms with van der Waals surface area (Å²) in [6.07, 6.45) is 0. The Hall–Kier alpha value is -1.55. The highest BCUT2D eigenvalue weighted by atomic mass is 16.6. The zero-order valence-corrected chi connectivity index (χ0v) is 8.66. The fourth-order valence-electron chi connectivity index (χ4n) is 1.12. The van der Waals surface area contributed by atoms with Gasteiger partial charge in [-0.05, 0) is 18.6 Å². The summed E-state index contributed by atoms with van der Waals surface area (Å²) < 4.78 is 0. The SMILES string of the molecule is CN=C(NOC)c1ccc(C)c(N)c1. The Morgan fingerprint density at radius 2 is 2.21 bits per heavy atom. The van der Waals surface area contributed by atoms with Gasteiger partial charge >= 0.3 is 0 Å². The third-order valence-corrected chi connectivity index (χ3v) is 1.98. The molecule has 0 aliphatic rings. The number of anilines is 1. The van der Waals surface area contributed by atoms with E-state index in [2.05, 4.69) is 10.5 Å². The number of aliphatic imine (C=N–C) groups is 1. The molecule has 4 heteroatoms. The van der Waals surface area contributed by atoms with Crippen LogP contribution in [0.15, 0.2) is 23.2 Å². The van der Waals surface area contributed by atoms with Crippen molar-refractivity contribution in [3.05, 3.63) is 29.3 Å². The molecule has 0 saturated heterocycles. The Morgan fingerprint density at radius 1 is 1.50 bits per heavy atom. The number of nitrogen functional groups attached to an aromatic ring is 1. The topological polar surface area (TPSA) is 59.6 Å². The highest BCUT2D eigenvalue weighted by Gasteiger charge is 2.03. The standard InChI is InChI=1S/C10H15N3O/c1-7-4-5-8(6-9(7)11)10(12-2)13-14-3/h4-6H,11H2,1-3H3,(H,12,13). The second kappa shape index (κ2) is 4.62. The van der Waals surface area contributed by atoms with Gasteiger partial charge in [-0.2, -0.15) is 0 Å². The van der Waals surface area contributed by atoms with Gasteiger partial charge in [-0.3, -0.25) is 9.83 Å². The number of hydrogen-bond donors (Lipinski definition) is 2. The zero-order chi connectivity index (χ0) is 10.6. The lowest BCUT2D eigenvalue weighted by molar-refractivity contribution is 0.145. The minimum Gasteiger partial charge on any atom is -0.398 e. The van der Waals surface area contributed by atoms with Crippen LogP contribution in [0.25, 0.3) is 0 Å². The van der Waals surface area contributed by atoms with Gasteiger partial charge in [0.1, 0.15) is 0 Å². The molecule has 0 bridgehead atoms. The molecule has 0 aromatic heterocycles. The molecule has 0 aliphatic heterocycles. The highest BCUT2D eigenvalue weighted by Crippen LogP contribution is 2.12. The van der Waals surface area contributed by atoms with E-state index in [-0.39, 0.29) is 0 Å². The molecule has 1 rings (SSSR count). The van der Waals surface area contributed by atoms with Crippen molar-refractivity contribution < 1.29 is 4.84 Å². The monoisotopic (exact) mass is 193 g/mol. The predicted octanol–water partition coefficient (Wildman–Crippen LogP) is 1.10. The van der Waals surface area contributed by atoms with Crippen molar-refractivity contribution in [2.75, 3.05) is 19.9 Å². The van der Waals surface area contributed by atoms with E-state index in [1.54, 1.807) is 14.2 Å². The molecule has 4 nitrogen and oxygen atoms in total. The van der Waals surface area contributed by atoms with Crippen LogP contribution in [0.1, 0.15) is 11.1 Å². The molecule has 0 spiro atoms. The van der Waals surface area contributed by atoms with Gasteiger partial charge < -0.3 is 5.73 Å². The Kier molecular flexibility index (Phi) is 3.48. The van der Waals surface area contributed by atoms with Gasteiger partial charge in [0, 0.05) is 18.3 Å². The summed E-state index contributed by atoms with van der Waals surface area (Å²) in [4.78, 5) is 8.84. The first-order valence-corrected chi connectivity index (χ1v) is 4.31. The molecular formula is C10H15N3O. The molecule has 76 valence electrons. The van der Waals surface area contributed by atoms with E-state index in [1.165, 1.54) is 0 Å². The fraction of sp³-hybridized carbons (Fsp3) is 0.300. The molecule has 14 heavy (non-hydrogen) atoms. The number of hydrogen-bond acceptors (Lipinski definition) is 3. The van der Waals surface area contributed by atoms with Crippen molar-refractivity contribution >= 4 is 11.5 Å². The molecule has 0 amide bonds. The summed E-state index contributed by atoms with van der Waals surface area (Å²) in [5.74, 6) is 0.666. The maximum Gasteiger partial charge on any atom is 0.152 e. The van der Waals surface area contributed by atoms with E-state index in [4.69, 9.17) is 10.6 Å². The van der Waals surface area contributed by atoms with Gasteiger partial charge in [-0.15, -0.1) is 0 Å². The highest BCUT2D eigenvalue weighted by molar-refractivity contribution is 5.98. The molecular weight excluding hydrogens is 178 g/mol. The first-order valence-electron chi connectivity index (χ1n) is 4.31. The average molecular weight is 193 g/mol. The number of aryl methyl sites for hydroxylation is 1. The Morgan fingerprint density at radius 3 is 2.71 bits per heavy atom. The van der Waals surface area contributed by atoms with Crippen LogP contribution in [-0.4, -0.2) is 20.0 Å². The van der Waals surface area contributed by atoms with Crippen LogP contribution in [0, 0.1) is 6.92 Å². The van der Waals surface area contributed by atoms with Crippen molar-refractivity contribution in [3.8, 4) is 0 Å². The van der Waals surface area contributed by atoms with Crippen LogP contribution in [0.4, 0.5) is 5.69 Å². The van der Waals surface area contributed by atoms with Gasteiger partial charge in [-0.25, -0.2) is 5.48 Å². The van der Waals surface area contributed by atoms with Gasteiger partial charge in [-0.1, -0.05) is 12.1 Å². The van der Waals surface area contributed by atoms with Gasteiger partial charge in [0.15, 0.2) is 5.84 Å². The maximum absolute atomic E-state index is 5.79. The van der Waals surface area contributed by atoms with Crippen molar-refractivity contribution in [2.45, 2.75) is 6.92 Å². The first-order chi connectivity index (χ1) is 6.69. The predicted molar refractivity (Wildman–Crippen MR) is 58.2 cm³/mol. The lowest BCUT2D eigenvalue weighted by Crippen LogP contribution is -2.23. The number of amidine groups is 1. The van der Waals surface area contributed by atoms with Crippen LogP contribution in [0.5, 0.6) is 0 Å². The molecule has 0 fully saturated rings. The summed E-state index contributed by atoms with van der Waals surface area (Å²) in [5.41, 5.74) is 11.2. The molecule has 0 aliphatic carbocycles. The van der Waals surface area contributed by atoms with Crippen LogP contribution in [-0.2, 0) is 4.84 Å². The second-order valence-electron chi connectivity index (χ2n) is 2.95. The minimum atomic E-state index is 0.666. The van der Waals surface area contributed by atoms with Crippen LogP contribution in [0.2, 0.25) is 0 Å². The lowest BCUT2D eigenvalue weighted by Gasteiger charge is -2.08. The summed E-state index contributed by atoms with van der Waals surface area (Å²) >= 11 is 0. The quantitative estimate of drug-likeness (QED) is 0.320. The molecule has 0 heterocycles. The largest absolute Gasteiger partial charge is 0.398 e. The number of benzene rings is 1. The maximum atomic E-state index is 5.79. The van der Waals surface area contributed by atoms with Crippen molar-refractivity contribution in [3.63, 3.8) is 0 Å². The second-order valence-corrected chi connectivity index (χ2v) is 2.95. The van der Waals surface area contributed by atoms with E-state index < -0.39 is 0 Å². The van der Waals surface area contributed by atoms with Crippen molar-refractivity contribution in [2.24, 2.45) is 4.99 Å². The van der Waals surface area contributed by atoms with Crippen molar-refractivity contribution in [1.29, 1.82) is 0 Å². The Balaban J connectivity index is 3.00. The molecule has 0 radical (unpaired) electrons. The number of rotatable bonds is 2. The number of nitrogens with one attached hydrogen (secondary N) is 1. The van der Waals surface area contributed by atoms with Gasteiger partial charge in [0.25, 0.3) is 0 Å². The van der Waals surface area contributed by atoms with Crippen molar-refractivity contribution in [1.82, 2.24) is 5.48 Å². The molecule has 1 aromatic rings. The molecule has 3 N–H and O–H groups in total. The van der Waals surface area contributed by atoms with E-state index in [0.717, 1.165) is 16.8 Å². The van der Waals surface area contributed by atoms with E-state index in [9.17, 15) is 0 Å². The Bertz CT molecular complexity index is 347. The zero-order valence-electron chi connectivity index (χ0n) is 8.66. The Labute approximate surface area is 83.7 Å². The van der Waals surface area contributed by atoms with Gasteiger partial charge in [0.2, 0.25) is 0 Å². The molecule has 0 saturated carbocycles. The normalized spacial score (nSPS) is 11.5. The summed E-state index contributed by atoms with van der Waals surface area (Å²) in [7, 11) is 3.24. The molecule has 0 atom stereocenters. The fourth-order valence-corrected chi connectivity index (χ4v) is 1.12. The van der Waals surface area contributed by atoms with Gasteiger partial charge in [0.05, 0.1) is 7.11 Å². The molecule has 1 aromatic carbocycles. The number of nitrogens with two attached hydrogens (primary N) is 1. The van der Waals surface area contributed by atoms with Crippen LogP contribution in [0.3, 0.4) is 0 Å². The lowest BCUT2D eigenvalue weighted by atomic mass is 10.1. The first kappa shape index (κ1) is 10.5. The summed E-state index contributed by atoms with van der Waals surface area (Å²) in [5, 5.41) is 0. The third-order valence-electron chi connectivity index (χ3n) is 1.98. The van der Waals surface area contributed by atoms with Crippen LogP contribution >= 0.6 is 0 Å². The van der Waals surface area contributed by atoms with E-state index in [1.807, 2.05) is 25.1 Å². The van der Waals surface area contributed by atoms with E-state index in [0.29, 0.717) is 5.84 Å². The minimum absolute atomic E-state index is 0.666. The number of nitrogens with zero attached hydrogens (tertiary/aromatic N) is 1. The smallest absolute Gasteiger partial charge is 0.152 e. The number of hydroxylamine groups is 1. The molecule has 0 unspecified atom stereocenters. The average Bonchev–Trinajstić information content (AvgIpc) is 2.19. The van der Waals surface area contributed by atoms with Crippen LogP contribution < -0.4 is 11.2 Å². The summed E-state index contributed by atoms with van der Waals surface area (Å²) in [6, 6.07) is 5.76. The van der Waals surface area contributed by atoms with E-state index >= 15 is 0 Å². The summed E-state index contributed by atoms with van der Waals surface area (Å²) in [6.45, 7) is 1.96. The third kappa shape index (κ3) is 2.23.